The highest BCUT2D eigenvalue weighted by Crippen LogP contribution is 2.28. The minimum Gasteiger partial charge on any atom is -0.490 e. The maximum absolute atomic E-state index is 13.0. The molecule has 0 spiro atoms. The molecule has 4 rings (SSSR count). The van der Waals surface area contributed by atoms with Gasteiger partial charge in [-0.25, -0.2) is 13.8 Å². The number of fused-ring (bicyclic) bond motifs is 1. The summed E-state index contributed by atoms with van der Waals surface area (Å²) in [6.45, 7) is 5.94. The fraction of sp³-hybridized carbons (Fsp3) is 0.409. The molecule has 1 aromatic carbocycles. The molecule has 1 fully saturated rings. The molecule has 1 atom stereocenters. The second kappa shape index (κ2) is 8.97. The average Bonchev–Trinajstić information content (AvgIpc) is 3.36. The first-order valence-corrected chi connectivity index (χ1v) is 10.2. The van der Waals surface area contributed by atoms with Crippen LogP contribution in [-0.2, 0) is 11.3 Å². The Kier molecular flexibility index (Phi) is 6.13. The molecule has 1 N–H and O–H groups in total. The smallest absolute Gasteiger partial charge is 0.280 e. The summed E-state index contributed by atoms with van der Waals surface area (Å²) in [6, 6.07) is 7.54. The number of hydrogen-bond donors (Lipinski definition) is 1. The van der Waals surface area contributed by atoms with Crippen molar-refractivity contribution >= 4 is 22.6 Å². The third-order valence-corrected chi connectivity index (χ3v) is 4.97. The van der Waals surface area contributed by atoms with Gasteiger partial charge in [0.2, 0.25) is 0 Å². The lowest BCUT2D eigenvalue weighted by molar-refractivity contribution is 0.102. The van der Waals surface area contributed by atoms with Gasteiger partial charge in [0, 0.05) is 36.7 Å². The number of pyridine rings is 1. The second-order valence-corrected chi connectivity index (χ2v) is 7.86. The SMILES string of the molecule is CC(C)Oc1cc2nn(CC3CCOC3)cc2cc1C(=O)Nc1cccc(C(F)F)n1. The predicted octanol–water partition coefficient (Wildman–Crippen LogP) is 4.44. The molecular weight excluding hydrogens is 406 g/mol. The number of nitrogens with one attached hydrogen (secondary N) is 1. The molecule has 1 aliphatic rings. The van der Waals surface area contributed by atoms with Gasteiger partial charge in [0.15, 0.2) is 0 Å². The molecule has 1 amide bonds. The van der Waals surface area contributed by atoms with Gasteiger partial charge in [-0.3, -0.25) is 9.48 Å². The number of benzene rings is 1. The molecule has 9 heteroatoms. The first kappa shape index (κ1) is 21.2. The number of aromatic nitrogens is 3. The topological polar surface area (TPSA) is 78.3 Å². The summed E-state index contributed by atoms with van der Waals surface area (Å²) in [5.41, 5.74) is 0.599. The molecule has 1 saturated heterocycles. The van der Waals surface area contributed by atoms with Crippen LogP contribution in [0.4, 0.5) is 14.6 Å². The van der Waals surface area contributed by atoms with Gasteiger partial charge >= 0.3 is 0 Å². The predicted molar refractivity (Wildman–Crippen MR) is 112 cm³/mol. The van der Waals surface area contributed by atoms with Crippen molar-refractivity contribution in [2.75, 3.05) is 18.5 Å². The van der Waals surface area contributed by atoms with Gasteiger partial charge in [0.05, 0.1) is 23.8 Å². The monoisotopic (exact) mass is 430 g/mol. The molecule has 2 aromatic heterocycles. The number of halogens is 2. The summed E-state index contributed by atoms with van der Waals surface area (Å²) >= 11 is 0. The molecule has 164 valence electrons. The number of carbonyl (C=O) groups is 1. The fourth-order valence-electron chi connectivity index (χ4n) is 3.54. The van der Waals surface area contributed by atoms with Gasteiger partial charge in [-0.15, -0.1) is 0 Å². The van der Waals surface area contributed by atoms with E-state index in [4.69, 9.17) is 9.47 Å². The number of carbonyl (C=O) groups excluding carboxylic acids is 1. The van der Waals surface area contributed by atoms with Crippen molar-refractivity contribution in [1.82, 2.24) is 14.8 Å². The van der Waals surface area contributed by atoms with Crippen LogP contribution >= 0.6 is 0 Å². The highest BCUT2D eigenvalue weighted by Gasteiger charge is 2.20. The van der Waals surface area contributed by atoms with E-state index < -0.39 is 18.0 Å². The van der Waals surface area contributed by atoms with Crippen LogP contribution in [0.1, 0.15) is 42.7 Å². The second-order valence-electron chi connectivity index (χ2n) is 7.86. The summed E-state index contributed by atoms with van der Waals surface area (Å²) in [5.74, 6) is 0.347. The Morgan fingerprint density at radius 1 is 1.35 bits per heavy atom. The number of anilines is 1. The number of rotatable bonds is 7. The van der Waals surface area contributed by atoms with E-state index in [1.807, 2.05) is 24.7 Å². The zero-order valence-corrected chi connectivity index (χ0v) is 17.3. The highest BCUT2D eigenvalue weighted by molar-refractivity contribution is 6.08. The summed E-state index contributed by atoms with van der Waals surface area (Å²) in [7, 11) is 0. The van der Waals surface area contributed by atoms with E-state index in [0.717, 1.165) is 31.6 Å². The van der Waals surface area contributed by atoms with Crippen molar-refractivity contribution < 1.29 is 23.0 Å². The lowest BCUT2D eigenvalue weighted by Gasteiger charge is -2.14. The van der Waals surface area contributed by atoms with Gasteiger partial charge in [-0.1, -0.05) is 6.07 Å². The van der Waals surface area contributed by atoms with E-state index in [0.29, 0.717) is 17.2 Å². The Labute approximate surface area is 178 Å². The zero-order valence-electron chi connectivity index (χ0n) is 17.3. The van der Waals surface area contributed by atoms with Crippen LogP contribution in [0, 0.1) is 5.92 Å². The van der Waals surface area contributed by atoms with Gasteiger partial charge in [0.1, 0.15) is 17.3 Å². The standard InChI is InChI=1S/C22H24F2N4O3/c1-13(2)31-19-9-18-15(11-28(27-18)10-14-6-7-30-12-14)8-16(19)22(29)26-20-5-3-4-17(25-20)21(23)24/h3-5,8-9,11,13-14,21H,6-7,10,12H2,1-2H3,(H,25,26,29). The van der Waals surface area contributed by atoms with Gasteiger partial charge in [-0.05, 0) is 38.5 Å². The van der Waals surface area contributed by atoms with Gasteiger partial charge in [-0.2, -0.15) is 5.10 Å². The maximum atomic E-state index is 13.0. The lowest BCUT2D eigenvalue weighted by atomic mass is 10.1. The molecule has 1 aliphatic heterocycles. The van der Waals surface area contributed by atoms with Crippen molar-refractivity contribution in [2.24, 2.45) is 5.92 Å². The molecule has 0 radical (unpaired) electrons. The molecule has 31 heavy (non-hydrogen) atoms. The van der Waals surface area contributed by atoms with Crippen LogP contribution in [0.3, 0.4) is 0 Å². The highest BCUT2D eigenvalue weighted by atomic mass is 19.3. The van der Waals surface area contributed by atoms with Crippen LogP contribution < -0.4 is 10.1 Å². The van der Waals surface area contributed by atoms with Gasteiger partial charge in [0.25, 0.3) is 12.3 Å². The lowest BCUT2D eigenvalue weighted by Crippen LogP contribution is -2.16. The van der Waals surface area contributed by atoms with Crippen molar-refractivity contribution in [3.63, 3.8) is 0 Å². The Hall–Kier alpha value is -3.07. The molecule has 7 nitrogen and oxygen atoms in total. The van der Waals surface area contributed by atoms with Crippen molar-refractivity contribution in [1.29, 1.82) is 0 Å². The Morgan fingerprint density at radius 2 is 2.19 bits per heavy atom. The molecule has 0 aliphatic carbocycles. The molecule has 3 aromatic rings. The van der Waals surface area contributed by atoms with Crippen molar-refractivity contribution in [3.8, 4) is 5.75 Å². The van der Waals surface area contributed by atoms with E-state index in [2.05, 4.69) is 15.4 Å². The number of ether oxygens (including phenoxy) is 2. The Morgan fingerprint density at radius 3 is 2.90 bits per heavy atom. The number of hydrogen-bond acceptors (Lipinski definition) is 5. The third kappa shape index (κ3) is 4.99. The zero-order chi connectivity index (χ0) is 22.0. The Balaban J connectivity index is 1.63. The van der Waals surface area contributed by atoms with Crippen LogP contribution in [-0.4, -0.2) is 40.0 Å². The van der Waals surface area contributed by atoms with E-state index >= 15 is 0 Å². The van der Waals surface area contributed by atoms with E-state index in [1.54, 1.807) is 12.1 Å². The first-order chi connectivity index (χ1) is 14.9. The summed E-state index contributed by atoms with van der Waals surface area (Å²) in [5, 5.41) is 7.99. The van der Waals surface area contributed by atoms with Crippen LogP contribution in [0.5, 0.6) is 5.75 Å². The minimum atomic E-state index is -2.72. The quantitative estimate of drug-likeness (QED) is 0.599. The first-order valence-electron chi connectivity index (χ1n) is 10.2. The summed E-state index contributed by atoms with van der Waals surface area (Å²) < 4.78 is 39.0. The number of alkyl halides is 2. The summed E-state index contributed by atoms with van der Waals surface area (Å²) in [6.07, 6.45) is 0.00124. The molecular formula is C22H24F2N4O3. The van der Waals surface area contributed by atoms with Crippen LogP contribution in [0.15, 0.2) is 36.5 Å². The number of nitrogens with zero attached hydrogens (tertiary/aromatic N) is 3. The minimum absolute atomic E-state index is 0.0512. The molecule has 1 unspecified atom stereocenters. The Bertz CT molecular complexity index is 1080. The van der Waals surface area contributed by atoms with Crippen LogP contribution in [0.25, 0.3) is 10.9 Å². The fourth-order valence-corrected chi connectivity index (χ4v) is 3.54. The molecule has 0 bridgehead atoms. The van der Waals surface area contributed by atoms with E-state index in [9.17, 15) is 13.6 Å². The molecule has 3 heterocycles. The largest absolute Gasteiger partial charge is 0.490 e. The van der Waals surface area contributed by atoms with Gasteiger partial charge < -0.3 is 14.8 Å². The van der Waals surface area contributed by atoms with Crippen LogP contribution in [0.2, 0.25) is 0 Å². The third-order valence-electron chi connectivity index (χ3n) is 4.97. The average molecular weight is 430 g/mol. The number of amides is 1. The van der Waals surface area contributed by atoms with Crippen molar-refractivity contribution in [2.45, 2.75) is 39.3 Å². The van der Waals surface area contributed by atoms with Crippen molar-refractivity contribution in [3.05, 3.63) is 47.8 Å². The van der Waals surface area contributed by atoms with E-state index in [-0.39, 0.29) is 17.5 Å². The molecule has 0 saturated carbocycles. The van der Waals surface area contributed by atoms with E-state index in [1.165, 1.54) is 18.2 Å². The normalized spacial score (nSPS) is 16.4. The summed E-state index contributed by atoms with van der Waals surface area (Å²) in [4.78, 5) is 16.8. The maximum Gasteiger partial charge on any atom is 0.280 e.